The van der Waals surface area contributed by atoms with E-state index in [0.717, 1.165) is 69.0 Å². The summed E-state index contributed by atoms with van der Waals surface area (Å²) >= 11 is 0. The Bertz CT molecular complexity index is 1570. The van der Waals surface area contributed by atoms with Crippen molar-refractivity contribution in [1.82, 2.24) is 25.3 Å². The van der Waals surface area contributed by atoms with Crippen molar-refractivity contribution in [2.24, 2.45) is 5.92 Å². The first-order chi connectivity index (χ1) is 25.3. The van der Waals surface area contributed by atoms with E-state index in [0.29, 0.717) is 32.5 Å². The summed E-state index contributed by atoms with van der Waals surface area (Å²) in [5.74, 6) is -1.96. The van der Waals surface area contributed by atoms with Crippen LogP contribution >= 0.6 is 0 Å². The van der Waals surface area contributed by atoms with Gasteiger partial charge in [0.25, 0.3) is 0 Å². The van der Waals surface area contributed by atoms with Crippen LogP contribution in [0.2, 0.25) is 0 Å². The minimum Gasteiger partial charge on any atom is -0.492 e. The van der Waals surface area contributed by atoms with E-state index in [1.54, 1.807) is 25.7 Å². The summed E-state index contributed by atoms with van der Waals surface area (Å²) in [5, 5.41) is 15.6. The largest absolute Gasteiger partial charge is 0.492 e. The first-order valence-corrected chi connectivity index (χ1v) is 18.8. The quantitative estimate of drug-likeness (QED) is 0.350. The van der Waals surface area contributed by atoms with E-state index >= 15 is 0 Å². The van der Waals surface area contributed by atoms with E-state index in [4.69, 9.17) is 18.9 Å². The Balaban J connectivity index is 1.13. The van der Waals surface area contributed by atoms with Crippen LogP contribution in [0.5, 0.6) is 5.75 Å². The van der Waals surface area contributed by atoms with Gasteiger partial charge in [-0.05, 0) is 69.7 Å². The lowest BCUT2D eigenvalue weighted by molar-refractivity contribution is -0.145. The molecule has 2 saturated heterocycles. The standard InChI is InChI=1S/C38H53N5O10/c1-37(2,3)53-35(48)39-30-10-8-6-4-5-7-9-27-21-38(27,34(46)47)40-32(44)31-20-29(24-43(31)33(30)45)52-36(49)42-22-25-11-12-28(19-26(25)23-42)51-18-15-41-13-16-50-17-14-41/h7,9,11-12,19,27,29-31H,4-6,8,10,13-18,20-24H2,1-3H3,(H,39,48)(H,40,44)(H,46,47)/b9-7-/t27-,29+,30-,31?,38+/m0/s1. The fraction of sp³-hybridized carbons (Fsp3) is 0.658. The van der Waals surface area contributed by atoms with Crippen LogP contribution in [0.4, 0.5) is 9.59 Å². The van der Waals surface area contributed by atoms with Crippen LogP contribution in [0.15, 0.2) is 30.4 Å². The van der Waals surface area contributed by atoms with Gasteiger partial charge >= 0.3 is 18.2 Å². The molecule has 53 heavy (non-hydrogen) atoms. The fourth-order valence-corrected chi connectivity index (χ4v) is 7.52. The van der Waals surface area contributed by atoms with E-state index in [1.165, 1.54) is 4.90 Å². The number of carboxylic acids is 1. The Kier molecular flexibility index (Phi) is 11.8. The zero-order chi connectivity index (χ0) is 37.8. The average molecular weight is 740 g/mol. The molecule has 1 unspecified atom stereocenters. The van der Waals surface area contributed by atoms with Crippen LogP contribution in [0.3, 0.4) is 0 Å². The molecule has 15 nitrogen and oxygen atoms in total. The van der Waals surface area contributed by atoms with Crippen molar-refractivity contribution < 1.29 is 48.0 Å². The van der Waals surface area contributed by atoms with Gasteiger partial charge in [-0.25, -0.2) is 14.4 Å². The third-order valence-corrected chi connectivity index (χ3v) is 10.5. The van der Waals surface area contributed by atoms with Crippen LogP contribution < -0.4 is 15.4 Å². The summed E-state index contributed by atoms with van der Waals surface area (Å²) in [6, 6.07) is 3.65. The maximum absolute atomic E-state index is 14.2. The average Bonchev–Trinajstić information content (AvgIpc) is 3.41. The topological polar surface area (TPSA) is 176 Å². The third-order valence-electron chi connectivity index (χ3n) is 10.5. The molecular weight excluding hydrogens is 686 g/mol. The fourth-order valence-electron chi connectivity index (χ4n) is 7.52. The molecule has 5 aliphatic rings. The van der Waals surface area contributed by atoms with Crippen LogP contribution in [-0.4, -0.2) is 125 Å². The molecule has 290 valence electrons. The molecule has 0 aromatic heterocycles. The van der Waals surface area contributed by atoms with Gasteiger partial charge in [-0.1, -0.05) is 31.1 Å². The monoisotopic (exact) mass is 739 g/mol. The van der Waals surface area contributed by atoms with Crippen molar-refractivity contribution in [2.75, 3.05) is 46.0 Å². The van der Waals surface area contributed by atoms with Gasteiger partial charge < -0.3 is 39.6 Å². The molecule has 6 rings (SSSR count). The normalized spacial score (nSPS) is 28.7. The highest BCUT2D eigenvalue weighted by atomic mass is 16.6. The van der Waals surface area contributed by atoms with Crippen molar-refractivity contribution in [3.05, 3.63) is 41.5 Å². The Hall–Kier alpha value is -4.37. The second-order valence-corrected chi connectivity index (χ2v) is 15.7. The zero-order valence-electron chi connectivity index (χ0n) is 31.0. The highest BCUT2D eigenvalue weighted by Crippen LogP contribution is 2.45. The van der Waals surface area contributed by atoms with Crippen LogP contribution in [0, 0.1) is 5.92 Å². The first-order valence-electron chi connectivity index (χ1n) is 18.8. The Morgan fingerprint density at radius 1 is 1.08 bits per heavy atom. The highest BCUT2D eigenvalue weighted by molar-refractivity contribution is 5.96. The maximum atomic E-state index is 14.2. The number of nitrogens with zero attached hydrogens (tertiary/aromatic N) is 3. The molecule has 4 aliphatic heterocycles. The lowest BCUT2D eigenvalue weighted by atomic mass is 10.0. The molecule has 5 atom stereocenters. The number of amides is 4. The summed E-state index contributed by atoms with van der Waals surface area (Å²) in [4.78, 5) is 72.1. The van der Waals surface area contributed by atoms with Crippen LogP contribution in [0.1, 0.15) is 76.8 Å². The number of aliphatic carboxylic acids is 1. The molecule has 4 amide bonds. The number of carboxylic acid groups (broad SMARTS) is 1. The van der Waals surface area contributed by atoms with Gasteiger partial charge in [0.1, 0.15) is 41.7 Å². The molecule has 1 aromatic carbocycles. The molecule has 1 aromatic rings. The Morgan fingerprint density at radius 3 is 2.60 bits per heavy atom. The summed E-state index contributed by atoms with van der Waals surface area (Å²) in [6.07, 6.45) is 5.06. The molecule has 4 heterocycles. The smallest absolute Gasteiger partial charge is 0.410 e. The van der Waals surface area contributed by atoms with E-state index in [-0.39, 0.29) is 25.3 Å². The molecule has 3 fully saturated rings. The summed E-state index contributed by atoms with van der Waals surface area (Å²) in [6.45, 7) is 10.3. The minimum atomic E-state index is -1.47. The van der Waals surface area contributed by atoms with Crippen LogP contribution in [0.25, 0.3) is 0 Å². The number of fused-ring (bicyclic) bond motifs is 3. The van der Waals surface area contributed by atoms with Gasteiger partial charge in [0, 0.05) is 45.1 Å². The predicted octanol–water partition coefficient (Wildman–Crippen LogP) is 3.19. The van der Waals surface area contributed by atoms with Crippen molar-refractivity contribution in [1.29, 1.82) is 0 Å². The van der Waals surface area contributed by atoms with E-state index in [1.807, 2.05) is 30.4 Å². The number of alkyl carbamates (subject to hydrolysis) is 1. The van der Waals surface area contributed by atoms with E-state index in [9.17, 15) is 29.1 Å². The number of nitrogens with one attached hydrogen (secondary N) is 2. The van der Waals surface area contributed by atoms with Gasteiger partial charge in [0.2, 0.25) is 11.8 Å². The number of benzene rings is 1. The number of allylic oxidation sites excluding steroid dienone is 1. The number of morpholine rings is 1. The van der Waals surface area contributed by atoms with Crippen molar-refractivity contribution in [2.45, 2.75) is 108 Å². The first kappa shape index (κ1) is 38.4. The molecule has 0 radical (unpaired) electrons. The minimum absolute atomic E-state index is 0.0272. The maximum Gasteiger partial charge on any atom is 0.410 e. The number of ether oxygens (including phenoxy) is 4. The van der Waals surface area contributed by atoms with Gasteiger partial charge in [-0.3, -0.25) is 19.4 Å². The predicted molar refractivity (Wildman–Crippen MR) is 191 cm³/mol. The number of hydrogen-bond acceptors (Lipinski definition) is 10. The lowest BCUT2D eigenvalue weighted by Gasteiger charge is -2.30. The van der Waals surface area contributed by atoms with Crippen molar-refractivity contribution in [3.8, 4) is 5.75 Å². The van der Waals surface area contributed by atoms with Crippen molar-refractivity contribution in [3.63, 3.8) is 0 Å². The summed E-state index contributed by atoms with van der Waals surface area (Å²) < 4.78 is 22.8. The molecular formula is C38H53N5O10. The second-order valence-electron chi connectivity index (χ2n) is 15.7. The van der Waals surface area contributed by atoms with Gasteiger partial charge in [-0.2, -0.15) is 0 Å². The summed E-state index contributed by atoms with van der Waals surface area (Å²) in [7, 11) is 0. The zero-order valence-corrected chi connectivity index (χ0v) is 31.0. The lowest BCUT2D eigenvalue weighted by Crippen LogP contribution is -2.56. The van der Waals surface area contributed by atoms with Gasteiger partial charge in [0.05, 0.1) is 19.8 Å². The van der Waals surface area contributed by atoms with Gasteiger partial charge in [-0.15, -0.1) is 0 Å². The summed E-state index contributed by atoms with van der Waals surface area (Å²) in [5.41, 5.74) is -0.354. The third kappa shape index (κ3) is 9.60. The number of hydrogen-bond donors (Lipinski definition) is 3. The van der Waals surface area contributed by atoms with Crippen LogP contribution in [-0.2, 0) is 41.7 Å². The van der Waals surface area contributed by atoms with E-state index in [2.05, 4.69) is 15.5 Å². The molecule has 0 spiro atoms. The number of carbonyl (C=O) groups is 5. The van der Waals surface area contributed by atoms with E-state index < -0.39 is 59.3 Å². The molecule has 0 bridgehead atoms. The number of carbonyl (C=O) groups excluding carboxylic acids is 4. The Labute approximate surface area is 310 Å². The van der Waals surface area contributed by atoms with Gasteiger partial charge in [0.15, 0.2) is 0 Å². The molecule has 1 saturated carbocycles. The Morgan fingerprint density at radius 2 is 1.85 bits per heavy atom. The molecule has 15 heteroatoms. The highest BCUT2D eigenvalue weighted by Gasteiger charge is 2.61. The second kappa shape index (κ2) is 16.3. The number of rotatable bonds is 7. The molecule has 1 aliphatic carbocycles. The SMILES string of the molecule is CC(C)(C)OC(=O)N[C@H]1CCCCC/C=C\[C@H]2C[C@@]2(C(=O)O)NC(=O)C2C[C@@H](OC(=O)N3Cc4ccc(OCCN5CCOCC5)cc4C3)CN2C1=O. The molecule has 3 N–H and O–H groups in total. The van der Waals surface area contributed by atoms with Crippen molar-refractivity contribution >= 4 is 30.0 Å².